The Balaban J connectivity index is 2.28. The predicted molar refractivity (Wildman–Crippen MR) is 81.6 cm³/mol. The molecule has 0 unspecified atom stereocenters. The molecule has 2 aromatic rings. The Morgan fingerprint density at radius 2 is 1.70 bits per heavy atom. The van der Waals surface area contributed by atoms with Crippen LogP contribution in [-0.4, -0.2) is 12.4 Å². The van der Waals surface area contributed by atoms with Gasteiger partial charge in [0.25, 0.3) is 0 Å². The van der Waals surface area contributed by atoms with Gasteiger partial charge in [0.2, 0.25) is 0 Å². The quantitative estimate of drug-likeness (QED) is 0.755. The summed E-state index contributed by atoms with van der Waals surface area (Å²) in [6, 6.07) is 13.3. The lowest BCUT2D eigenvalue weighted by molar-refractivity contribution is 0.103. The van der Waals surface area contributed by atoms with E-state index < -0.39 is 0 Å². The molecule has 104 valence electrons. The molecule has 2 aromatic carbocycles. The van der Waals surface area contributed by atoms with Crippen LogP contribution in [0.15, 0.2) is 42.5 Å². The topological polar surface area (TPSA) is 26.3 Å². The largest absolute Gasteiger partial charge is 0.494 e. The molecule has 0 heterocycles. The van der Waals surface area contributed by atoms with Crippen LogP contribution in [0.2, 0.25) is 0 Å². The van der Waals surface area contributed by atoms with Crippen LogP contribution in [-0.2, 0) is 0 Å². The van der Waals surface area contributed by atoms with Crippen molar-refractivity contribution in [1.82, 2.24) is 0 Å². The highest BCUT2D eigenvalue weighted by Crippen LogP contribution is 2.18. The van der Waals surface area contributed by atoms with Crippen LogP contribution in [0.4, 0.5) is 0 Å². The Kier molecular flexibility index (Phi) is 4.57. The summed E-state index contributed by atoms with van der Waals surface area (Å²) in [7, 11) is 0. The average Bonchev–Trinajstić information content (AvgIpc) is 2.43. The third kappa shape index (κ3) is 3.47. The number of carbonyl (C=O) groups excluding carboxylic acids is 1. The summed E-state index contributed by atoms with van der Waals surface area (Å²) in [5, 5.41) is 0. The third-order valence-electron chi connectivity index (χ3n) is 3.05. The molecule has 0 bridgehead atoms. The number of ketones is 1. The van der Waals surface area contributed by atoms with Gasteiger partial charge in [-0.3, -0.25) is 4.79 Å². The summed E-state index contributed by atoms with van der Waals surface area (Å²) in [4.78, 5) is 12.5. The second kappa shape index (κ2) is 6.38. The Bertz CT molecular complexity index is 594. The number of aryl methyl sites for hydroxylation is 2. The summed E-state index contributed by atoms with van der Waals surface area (Å²) in [6.45, 7) is 6.74. The second-order valence-corrected chi connectivity index (χ2v) is 5.08. The van der Waals surface area contributed by atoms with Crippen LogP contribution in [0.25, 0.3) is 0 Å². The number of hydrogen-bond acceptors (Lipinski definition) is 2. The van der Waals surface area contributed by atoms with E-state index >= 15 is 0 Å². The number of rotatable bonds is 5. The van der Waals surface area contributed by atoms with Gasteiger partial charge < -0.3 is 4.74 Å². The lowest BCUT2D eigenvalue weighted by atomic mass is 9.99. The molecule has 20 heavy (non-hydrogen) atoms. The normalized spacial score (nSPS) is 10.3. The Hall–Kier alpha value is -2.09. The molecule has 0 aliphatic rings. The Morgan fingerprint density at radius 1 is 1.00 bits per heavy atom. The number of benzene rings is 2. The van der Waals surface area contributed by atoms with E-state index in [1.165, 1.54) is 0 Å². The van der Waals surface area contributed by atoms with E-state index in [1.807, 2.05) is 50.2 Å². The van der Waals surface area contributed by atoms with Gasteiger partial charge in [-0.25, -0.2) is 0 Å². The zero-order chi connectivity index (χ0) is 14.5. The minimum Gasteiger partial charge on any atom is -0.494 e. The van der Waals surface area contributed by atoms with Crippen molar-refractivity contribution in [2.45, 2.75) is 27.2 Å². The minimum absolute atomic E-state index is 0.0405. The Morgan fingerprint density at radius 3 is 2.35 bits per heavy atom. The van der Waals surface area contributed by atoms with Gasteiger partial charge in [0.15, 0.2) is 5.78 Å². The summed E-state index contributed by atoms with van der Waals surface area (Å²) in [5.41, 5.74) is 3.61. The van der Waals surface area contributed by atoms with Crippen LogP contribution in [0.1, 0.15) is 40.4 Å². The maximum absolute atomic E-state index is 12.5. The van der Waals surface area contributed by atoms with Gasteiger partial charge in [0, 0.05) is 11.1 Å². The molecule has 0 amide bonds. The van der Waals surface area contributed by atoms with E-state index in [0.717, 1.165) is 28.9 Å². The first kappa shape index (κ1) is 14.3. The maximum atomic E-state index is 12.5. The molecular formula is C18H20O2. The van der Waals surface area contributed by atoms with E-state index in [1.54, 1.807) is 0 Å². The average molecular weight is 268 g/mol. The summed E-state index contributed by atoms with van der Waals surface area (Å²) in [5.74, 6) is 0.792. The molecule has 2 rings (SSSR count). The van der Waals surface area contributed by atoms with Gasteiger partial charge in [-0.1, -0.05) is 36.2 Å². The van der Waals surface area contributed by atoms with Gasteiger partial charge in [-0.2, -0.15) is 0 Å². The smallest absolute Gasteiger partial charge is 0.193 e. The molecular weight excluding hydrogens is 248 g/mol. The standard InChI is InChI=1S/C18H20O2/c1-4-8-20-17-7-5-6-15(12-17)18(19)16-10-13(2)9-14(3)11-16/h5-7,9-12H,4,8H2,1-3H3. The molecule has 0 fully saturated rings. The monoisotopic (exact) mass is 268 g/mol. The van der Waals surface area contributed by atoms with Gasteiger partial charge in [-0.05, 0) is 44.5 Å². The van der Waals surface area contributed by atoms with Crippen molar-refractivity contribution in [1.29, 1.82) is 0 Å². The van der Waals surface area contributed by atoms with E-state index in [2.05, 4.69) is 13.0 Å². The van der Waals surface area contributed by atoms with Gasteiger partial charge in [0.05, 0.1) is 6.61 Å². The molecule has 0 atom stereocenters. The number of ether oxygens (including phenoxy) is 1. The third-order valence-corrected chi connectivity index (χ3v) is 3.05. The Labute approximate surface area is 120 Å². The summed E-state index contributed by atoms with van der Waals surface area (Å²) < 4.78 is 5.58. The first-order valence-corrected chi connectivity index (χ1v) is 6.96. The van der Waals surface area contributed by atoms with E-state index in [-0.39, 0.29) is 5.78 Å². The van der Waals surface area contributed by atoms with Crippen molar-refractivity contribution in [3.63, 3.8) is 0 Å². The summed E-state index contributed by atoms with van der Waals surface area (Å²) in [6.07, 6.45) is 0.954. The predicted octanol–water partition coefficient (Wildman–Crippen LogP) is 4.32. The fraction of sp³-hybridized carbons (Fsp3) is 0.278. The molecule has 0 aromatic heterocycles. The van der Waals surface area contributed by atoms with Crippen LogP contribution >= 0.6 is 0 Å². The van der Waals surface area contributed by atoms with Gasteiger partial charge >= 0.3 is 0 Å². The van der Waals surface area contributed by atoms with E-state index in [9.17, 15) is 4.79 Å². The summed E-state index contributed by atoms with van der Waals surface area (Å²) >= 11 is 0. The highest BCUT2D eigenvalue weighted by Gasteiger charge is 2.10. The lowest BCUT2D eigenvalue weighted by Gasteiger charge is -2.08. The molecule has 0 saturated carbocycles. The van der Waals surface area contributed by atoms with Crippen molar-refractivity contribution in [2.24, 2.45) is 0 Å². The van der Waals surface area contributed by atoms with E-state index in [0.29, 0.717) is 12.2 Å². The molecule has 0 aliphatic carbocycles. The van der Waals surface area contributed by atoms with E-state index in [4.69, 9.17) is 4.74 Å². The van der Waals surface area contributed by atoms with Crippen LogP contribution in [0, 0.1) is 13.8 Å². The van der Waals surface area contributed by atoms with Crippen molar-refractivity contribution in [3.05, 3.63) is 64.7 Å². The van der Waals surface area contributed by atoms with Gasteiger partial charge in [0.1, 0.15) is 5.75 Å². The fourth-order valence-corrected chi connectivity index (χ4v) is 2.22. The minimum atomic E-state index is 0.0405. The highest BCUT2D eigenvalue weighted by atomic mass is 16.5. The molecule has 2 heteroatoms. The van der Waals surface area contributed by atoms with Crippen molar-refractivity contribution < 1.29 is 9.53 Å². The van der Waals surface area contributed by atoms with Crippen molar-refractivity contribution in [3.8, 4) is 5.75 Å². The molecule has 0 N–H and O–H groups in total. The van der Waals surface area contributed by atoms with Crippen LogP contribution in [0.5, 0.6) is 5.75 Å². The first-order valence-electron chi connectivity index (χ1n) is 6.96. The van der Waals surface area contributed by atoms with Crippen LogP contribution in [0.3, 0.4) is 0 Å². The molecule has 0 radical (unpaired) electrons. The highest BCUT2D eigenvalue weighted by molar-refractivity contribution is 6.09. The number of carbonyl (C=O) groups is 1. The molecule has 2 nitrogen and oxygen atoms in total. The zero-order valence-electron chi connectivity index (χ0n) is 12.3. The molecule has 0 aliphatic heterocycles. The SMILES string of the molecule is CCCOc1cccc(C(=O)c2cc(C)cc(C)c2)c1. The fourth-order valence-electron chi connectivity index (χ4n) is 2.22. The lowest BCUT2D eigenvalue weighted by Crippen LogP contribution is -2.03. The number of hydrogen-bond donors (Lipinski definition) is 0. The van der Waals surface area contributed by atoms with Crippen molar-refractivity contribution in [2.75, 3.05) is 6.61 Å². The zero-order valence-corrected chi connectivity index (χ0v) is 12.3. The first-order chi connectivity index (χ1) is 9.60. The maximum Gasteiger partial charge on any atom is 0.193 e. The molecule has 0 spiro atoms. The van der Waals surface area contributed by atoms with Crippen molar-refractivity contribution >= 4 is 5.78 Å². The van der Waals surface area contributed by atoms with Crippen LogP contribution < -0.4 is 4.74 Å². The van der Waals surface area contributed by atoms with Gasteiger partial charge in [-0.15, -0.1) is 0 Å². The molecule has 0 saturated heterocycles. The second-order valence-electron chi connectivity index (χ2n) is 5.08.